The van der Waals surface area contributed by atoms with Crippen LogP contribution in [-0.2, 0) is 0 Å². The van der Waals surface area contributed by atoms with Gasteiger partial charge in [-0.15, -0.1) is 5.10 Å². The molecule has 9 heteroatoms. The summed E-state index contributed by atoms with van der Waals surface area (Å²) in [5, 5.41) is 10.9. The van der Waals surface area contributed by atoms with E-state index in [0.717, 1.165) is 18.8 Å². The lowest BCUT2D eigenvalue weighted by atomic mass is 10.5. The summed E-state index contributed by atoms with van der Waals surface area (Å²) in [5.41, 5.74) is 0. The van der Waals surface area contributed by atoms with Gasteiger partial charge in [-0.05, 0) is 25.1 Å². The molecule has 8 nitrogen and oxygen atoms in total. The molecule has 0 saturated heterocycles. The molecule has 0 radical (unpaired) electrons. The smallest absolute Gasteiger partial charge is 0.321 e. The first-order valence-corrected chi connectivity index (χ1v) is 6.63. The van der Waals surface area contributed by atoms with Crippen molar-refractivity contribution in [3.63, 3.8) is 0 Å². The normalized spacial score (nSPS) is 10.5. The molecule has 2 heterocycles. The predicted molar refractivity (Wildman–Crippen MR) is 70.4 cm³/mol. The molecule has 2 rings (SSSR count). The molecule has 2 N–H and O–H groups in total. The zero-order valence-corrected chi connectivity index (χ0v) is 11.8. The van der Waals surface area contributed by atoms with E-state index in [2.05, 4.69) is 42.4 Å². The van der Waals surface area contributed by atoms with Crippen LogP contribution in [0.1, 0.15) is 19.2 Å². The third kappa shape index (κ3) is 3.78. The van der Waals surface area contributed by atoms with E-state index in [1.54, 1.807) is 0 Å². The van der Waals surface area contributed by atoms with Gasteiger partial charge in [-0.1, -0.05) is 6.92 Å². The number of aromatic nitrogens is 6. The van der Waals surface area contributed by atoms with Crippen molar-refractivity contribution in [2.24, 2.45) is 0 Å². The number of hydrogen-bond donors (Lipinski definition) is 2. The third-order valence-electron chi connectivity index (χ3n) is 2.07. The summed E-state index contributed by atoms with van der Waals surface area (Å²) in [6.07, 6.45) is 0.983. The Labute approximate surface area is 114 Å². The molecule has 0 saturated carbocycles. The number of H-pyrrole nitrogens is 1. The fourth-order valence-electron chi connectivity index (χ4n) is 1.24. The standard InChI is InChI=1S/C10H15N7OS/c1-4-5-11-7-13-8(18-3)15-9(14-7)19-10-12-6(2)16-17-10/h4-5H2,1-3H3,(H,12,16,17)(H,11,13,14,15). The molecule has 0 aliphatic heterocycles. The van der Waals surface area contributed by atoms with Crippen molar-refractivity contribution in [2.45, 2.75) is 30.6 Å². The molecule has 0 aromatic carbocycles. The average molecular weight is 281 g/mol. The van der Waals surface area contributed by atoms with Gasteiger partial charge in [0.05, 0.1) is 7.11 Å². The van der Waals surface area contributed by atoms with Crippen LogP contribution in [-0.4, -0.2) is 43.8 Å². The fourth-order valence-corrected chi connectivity index (χ4v) is 1.93. The maximum Gasteiger partial charge on any atom is 0.321 e. The van der Waals surface area contributed by atoms with Crippen molar-refractivity contribution in [1.82, 2.24) is 30.1 Å². The number of nitrogens with zero attached hydrogens (tertiary/aromatic N) is 5. The topological polar surface area (TPSA) is 102 Å². The first-order valence-electron chi connectivity index (χ1n) is 5.82. The van der Waals surface area contributed by atoms with Crippen molar-refractivity contribution in [3.05, 3.63) is 5.82 Å². The van der Waals surface area contributed by atoms with Crippen LogP contribution in [0.3, 0.4) is 0 Å². The van der Waals surface area contributed by atoms with E-state index in [1.807, 2.05) is 6.92 Å². The quantitative estimate of drug-likeness (QED) is 0.816. The van der Waals surface area contributed by atoms with Crippen LogP contribution in [0.15, 0.2) is 10.3 Å². The Morgan fingerprint density at radius 2 is 2.05 bits per heavy atom. The molecule has 0 amide bonds. The lowest BCUT2D eigenvalue weighted by Gasteiger charge is -2.05. The van der Waals surface area contributed by atoms with Crippen LogP contribution >= 0.6 is 11.8 Å². The SMILES string of the molecule is CCCNc1nc(OC)nc(Sc2n[nH]c(C)n2)n1. The monoisotopic (exact) mass is 281 g/mol. The number of rotatable bonds is 6. The van der Waals surface area contributed by atoms with Crippen molar-refractivity contribution in [2.75, 3.05) is 19.0 Å². The van der Waals surface area contributed by atoms with Gasteiger partial charge in [-0.3, -0.25) is 5.10 Å². The first kappa shape index (κ1) is 13.5. The van der Waals surface area contributed by atoms with Gasteiger partial charge in [0.25, 0.3) is 0 Å². The van der Waals surface area contributed by atoms with Gasteiger partial charge in [0.15, 0.2) is 0 Å². The minimum absolute atomic E-state index is 0.267. The zero-order chi connectivity index (χ0) is 13.7. The predicted octanol–water partition coefficient (Wildman–Crippen LogP) is 1.28. The van der Waals surface area contributed by atoms with Crippen molar-refractivity contribution in [3.8, 4) is 6.01 Å². The van der Waals surface area contributed by atoms with Crippen LogP contribution in [0.2, 0.25) is 0 Å². The molecule has 0 unspecified atom stereocenters. The van der Waals surface area contributed by atoms with E-state index >= 15 is 0 Å². The number of hydrogen-bond acceptors (Lipinski definition) is 8. The Hall–Kier alpha value is -1.90. The van der Waals surface area contributed by atoms with Gasteiger partial charge in [0, 0.05) is 6.54 Å². The summed E-state index contributed by atoms with van der Waals surface area (Å²) in [6.45, 7) is 4.69. The second kappa shape index (κ2) is 6.32. The molecule has 2 aromatic rings. The van der Waals surface area contributed by atoms with E-state index in [9.17, 15) is 0 Å². The van der Waals surface area contributed by atoms with Crippen molar-refractivity contribution in [1.29, 1.82) is 0 Å². The number of aryl methyl sites for hydroxylation is 1. The van der Waals surface area contributed by atoms with E-state index < -0.39 is 0 Å². The zero-order valence-electron chi connectivity index (χ0n) is 11.0. The van der Waals surface area contributed by atoms with Gasteiger partial charge < -0.3 is 10.1 Å². The molecule has 0 fully saturated rings. The van der Waals surface area contributed by atoms with Crippen LogP contribution < -0.4 is 10.1 Å². The summed E-state index contributed by atoms with van der Waals surface area (Å²) in [7, 11) is 1.52. The summed E-state index contributed by atoms with van der Waals surface area (Å²) >= 11 is 1.25. The largest absolute Gasteiger partial charge is 0.467 e. The molecule has 0 atom stereocenters. The summed E-state index contributed by atoms with van der Waals surface area (Å²) in [6, 6.07) is 0.267. The number of anilines is 1. The molecule has 19 heavy (non-hydrogen) atoms. The van der Waals surface area contributed by atoms with Gasteiger partial charge >= 0.3 is 6.01 Å². The van der Waals surface area contributed by atoms with Gasteiger partial charge in [0.2, 0.25) is 16.3 Å². The van der Waals surface area contributed by atoms with Crippen LogP contribution in [0.25, 0.3) is 0 Å². The van der Waals surface area contributed by atoms with Crippen LogP contribution in [0.5, 0.6) is 6.01 Å². The highest BCUT2D eigenvalue weighted by Crippen LogP contribution is 2.23. The maximum absolute atomic E-state index is 5.05. The highest BCUT2D eigenvalue weighted by Gasteiger charge is 2.10. The van der Waals surface area contributed by atoms with Gasteiger partial charge in [-0.2, -0.15) is 15.0 Å². The van der Waals surface area contributed by atoms with Crippen LogP contribution in [0, 0.1) is 6.92 Å². The third-order valence-corrected chi connectivity index (χ3v) is 2.80. The summed E-state index contributed by atoms with van der Waals surface area (Å²) in [5.74, 6) is 1.23. The van der Waals surface area contributed by atoms with E-state index in [1.165, 1.54) is 18.9 Å². The number of nitrogens with one attached hydrogen (secondary N) is 2. The average Bonchev–Trinajstić information content (AvgIpc) is 2.81. The van der Waals surface area contributed by atoms with Crippen LogP contribution in [0.4, 0.5) is 5.95 Å². The Balaban J connectivity index is 2.18. The van der Waals surface area contributed by atoms with Crippen molar-refractivity contribution >= 4 is 17.7 Å². The molecular weight excluding hydrogens is 266 g/mol. The first-order chi connectivity index (χ1) is 9.21. The number of aromatic amines is 1. The van der Waals surface area contributed by atoms with E-state index in [-0.39, 0.29) is 6.01 Å². The van der Waals surface area contributed by atoms with E-state index in [0.29, 0.717) is 16.3 Å². The Morgan fingerprint density at radius 1 is 1.21 bits per heavy atom. The fraction of sp³-hybridized carbons (Fsp3) is 0.500. The summed E-state index contributed by atoms with van der Waals surface area (Å²) < 4.78 is 5.05. The molecule has 0 aliphatic carbocycles. The molecule has 0 aliphatic rings. The number of ether oxygens (including phenoxy) is 1. The highest BCUT2D eigenvalue weighted by atomic mass is 32.2. The molecule has 0 spiro atoms. The Bertz CT molecular complexity index is 544. The minimum Gasteiger partial charge on any atom is -0.467 e. The maximum atomic E-state index is 5.05. The molecule has 102 valence electrons. The molecule has 0 bridgehead atoms. The molecule has 2 aromatic heterocycles. The lowest BCUT2D eigenvalue weighted by molar-refractivity contribution is 0.373. The Kier molecular flexibility index (Phi) is 4.50. The van der Waals surface area contributed by atoms with Crippen molar-refractivity contribution < 1.29 is 4.74 Å². The second-order valence-electron chi connectivity index (χ2n) is 3.66. The highest BCUT2D eigenvalue weighted by molar-refractivity contribution is 7.99. The van der Waals surface area contributed by atoms with Gasteiger partial charge in [0.1, 0.15) is 5.82 Å². The Morgan fingerprint density at radius 3 is 2.68 bits per heavy atom. The van der Waals surface area contributed by atoms with Gasteiger partial charge in [-0.25, -0.2) is 4.98 Å². The molecular formula is C10H15N7OS. The minimum atomic E-state index is 0.267. The second-order valence-corrected chi connectivity index (χ2v) is 4.59. The summed E-state index contributed by atoms with van der Waals surface area (Å²) in [4.78, 5) is 16.7. The van der Waals surface area contributed by atoms with E-state index in [4.69, 9.17) is 4.74 Å². The lowest BCUT2D eigenvalue weighted by Crippen LogP contribution is -2.07. The number of methoxy groups -OCH3 is 1.